The van der Waals surface area contributed by atoms with Gasteiger partial charge in [0.1, 0.15) is 0 Å². The second-order valence-corrected chi connectivity index (χ2v) is 9.71. The van der Waals surface area contributed by atoms with Crippen molar-refractivity contribution >= 4 is 12.6 Å². The first kappa shape index (κ1) is 16.0. The van der Waals surface area contributed by atoms with E-state index in [9.17, 15) is 4.57 Å². The minimum atomic E-state index is -2.73. The SMILES string of the molecule is CC(NP(=O)(c1ccccc1)C(C)(C)C)c1ccccc1. The van der Waals surface area contributed by atoms with Crippen LogP contribution in [0.25, 0.3) is 0 Å². The normalized spacial score (nSPS) is 16.2. The molecule has 0 fully saturated rings. The van der Waals surface area contributed by atoms with Gasteiger partial charge >= 0.3 is 0 Å². The van der Waals surface area contributed by atoms with Crippen LogP contribution in [0.4, 0.5) is 0 Å². The Morgan fingerprint density at radius 3 is 1.86 bits per heavy atom. The van der Waals surface area contributed by atoms with Crippen LogP contribution in [0, 0.1) is 0 Å². The first-order valence-electron chi connectivity index (χ1n) is 7.33. The first-order valence-corrected chi connectivity index (χ1v) is 9.04. The van der Waals surface area contributed by atoms with Gasteiger partial charge in [0.15, 0.2) is 7.29 Å². The zero-order chi connectivity index (χ0) is 15.5. The van der Waals surface area contributed by atoms with Crippen LogP contribution < -0.4 is 10.4 Å². The van der Waals surface area contributed by atoms with Gasteiger partial charge in [-0.05, 0) is 12.5 Å². The lowest BCUT2D eigenvalue weighted by molar-refractivity contribution is 0.533. The quantitative estimate of drug-likeness (QED) is 0.826. The molecule has 0 saturated heterocycles. The molecule has 0 spiro atoms. The van der Waals surface area contributed by atoms with Crippen molar-refractivity contribution in [2.75, 3.05) is 0 Å². The fourth-order valence-corrected chi connectivity index (χ4v) is 4.98. The van der Waals surface area contributed by atoms with E-state index >= 15 is 0 Å². The van der Waals surface area contributed by atoms with Crippen LogP contribution in [0.5, 0.6) is 0 Å². The van der Waals surface area contributed by atoms with E-state index in [1.165, 1.54) is 0 Å². The van der Waals surface area contributed by atoms with E-state index in [1.54, 1.807) is 0 Å². The highest BCUT2D eigenvalue weighted by Crippen LogP contribution is 2.54. The summed E-state index contributed by atoms with van der Waals surface area (Å²) >= 11 is 0. The molecule has 3 heteroatoms. The molecule has 0 saturated carbocycles. The predicted octanol–water partition coefficient (Wildman–Crippen LogP) is 4.74. The molecule has 0 bridgehead atoms. The molecule has 2 unspecified atom stereocenters. The predicted molar refractivity (Wildman–Crippen MR) is 91.4 cm³/mol. The zero-order valence-corrected chi connectivity index (χ0v) is 14.1. The van der Waals surface area contributed by atoms with Gasteiger partial charge in [-0.15, -0.1) is 0 Å². The van der Waals surface area contributed by atoms with Gasteiger partial charge in [0, 0.05) is 16.5 Å². The lowest BCUT2D eigenvalue weighted by Crippen LogP contribution is -2.34. The van der Waals surface area contributed by atoms with Crippen LogP contribution in [0.15, 0.2) is 60.7 Å². The van der Waals surface area contributed by atoms with Gasteiger partial charge in [-0.1, -0.05) is 81.4 Å². The third-order valence-corrected chi connectivity index (χ3v) is 7.41. The highest BCUT2D eigenvalue weighted by Gasteiger charge is 2.39. The van der Waals surface area contributed by atoms with Crippen LogP contribution in [-0.2, 0) is 4.57 Å². The molecule has 2 atom stereocenters. The molecule has 2 rings (SSSR count). The molecular weight excluding hydrogens is 277 g/mol. The van der Waals surface area contributed by atoms with Gasteiger partial charge in [0.2, 0.25) is 0 Å². The van der Waals surface area contributed by atoms with Gasteiger partial charge in [0.05, 0.1) is 0 Å². The zero-order valence-electron chi connectivity index (χ0n) is 13.2. The van der Waals surface area contributed by atoms with E-state index in [-0.39, 0.29) is 11.2 Å². The van der Waals surface area contributed by atoms with Gasteiger partial charge < -0.3 is 4.57 Å². The number of benzene rings is 2. The maximum atomic E-state index is 13.7. The average Bonchev–Trinajstić information content (AvgIpc) is 2.47. The molecule has 21 heavy (non-hydrogen) atoms. The van der Waals surface area contributed by atoms with Crippen molar-refractivity contribution in [3.8, 4) is 0 Å². The molecule has 0 aliphatic heterocycles. The molecule has 2 aromatic rings. The molecule has 0 aliphatic rings. The second-order valence-electron chi connectivity index (χ2n) is 6.38. The Hall–Kier alpha value is -1.37. The van der Waals surface area contributed by atoms with E-state index in [0.29, 0.717) is 0 Å². The average molecular weight is 301 g/mol. The second kappa shape index (κ2) is 6.17. The van der Waals surface area contributed by atoms with E-state index in [1.807, 2.05) is 69.3 Å². The van der Waals surface area contributed by atoms with Crippen molar-refractivity contribution < 1.29 is 4.57 Å². The van der Waals surface area contributed by atoms with Gasteiger partial charge in [-0.25, -0.2) is 0 Å². The Kier molecular flexibility index (Phi) is 4.70. The summed E-state index contributed by atoms with van der Waals surface area (Å²) in [6.07, 6.45) is 0. The Morgan fingerprint density at radius 2 is 1.38 bits per heavy atom. The molecule has 0 radical (unpaired) electrons. The van der Waals surface area contributed by atoms with Crippen LogP contribution in [0.1, 0.15) is 39.3 Å². The Balaban J connectivity index is 2.37. The number of rotatable bonds is 4. The largest absolute Gasteiger partial charge is 0.301 e. The maximum Gasteiger partial charge on any atom is 0.181 e. The summed E-state index contributed by atoms with van der Waals surface area (Å²) in [5.41, 5.74) is 1.15. The molecule has 2 nitrogen and oxygen atoms in total. The summed E-state index contributed by atoms with van der Waals surface area (Å²) < 4.78 is 13.7. The van der Waals surface area contributed by atoms with Crippen molar-refractivity contribution in [2.24, 2.45) is 0 Å². The molecular formula is C18H24NOP. The van der Waals surface area contributed by atoms with E-state index in [2.05, 4.69) is 24.1 Å². The van der Waals surface area contributed by atoms with Crippen molar-refractivity contribution in [3.05, 3.63) is 66.2 Å². The molecule has 0 aliphatic carbocycles. The van der Waals surface area contributed by atoms with Crippen LogP contribution in [0.2, 0.25) is 0 Å². The number of nitrogens with one attached hydrogen (secondary N) is 1. The summed E-state index contributed by atoms with van der Waals surface area (Å²) in [5, 5.41) is 3.97. The van der Waals surface area contributed by atoms with Gasteiger partial charge in [0.25, 0.3) is 0 Å². The van der Waals surface area contributed by atoms with Gasteiger partial charge in [-0.3, -0.25) is 5.09 Å². The van der Waals surface area contributed by atoms with E-state index < -0.39 is 7.29 Å². The molecule has 0 heterocycles. The standard InChI is InChI=1S/C18H24NOP/c1-15(16-11-7-5-8-12-16)19-21(20,18(2,3)4)17-13-9-6-10-14-17/h5-15H,1-4H3,(H,19,20). The minimum absolute atomic E-state index is 0.0384. The highest BCUT2D eigenvalue weighted by molar-refractivity contribution is 7.71. The minimum Gasteiger partial charge on any atom is -0.301 e. The fourth-order valence-electron chi connectivity index (χ4n) is 2.38. The smallest absolute Gasteiger partial charge is 0.181 e. The monoisotopic (exact) mass is 301 g/mol. The number of hydrogen-bond acceptors (Lipinski definition) is 1. The summed E-state index contributed by atoms with van der Waals surface area (Å²) in [6, 6.07) is 19.9. The van der Waals surface area contributed by atoms with Gasteiger partial charge in [-0.2, -0.15) is 0 Å². The van der Waals surface area contributed by atoms with Crippen LogP contribution in [0.3, 0.4) is 0 Å². The summed E-state index contributed by atoms with van der Waals surface area (Å²) in [7, 11) is -2.73. The Morgan fingerprint density at radius 1 is 0.905 bits per heavy atom. The van der Waals surface area contributed by atoms with E-state index in [0.717, 1.165) is 10.9 Å². The summed E-state index contributed by atoms with van der Waals surface area (Å²) in [6.45, 7) is 8.17. The molecule has 0 aromatic heterocycles. The van der Waals surface area contributed by atoms with Crippen molar-refractivity contribution in [3.63, 3.8) is 0 Å². The Bertz CT molecular complexity index is 617. The third kappa shape index (κ3) is 3.45. The van der Waals surface area contributed by atoms with Crippen LogP contribution >= 0.6 is 7.29 Å². The van der Waals surface area contributed by atoms with E-state index in [4.69, 9.17) is 0 Å². The van der Waals surface area contributed by atoms with Crippen molar-refractivity contribution in [1.82, 2.24) is 5.09 Å². The molecule has 0 amide bonds. The van der Waals surface area contributed by atoms with Crippen LogP contribution in [-0.4, -0.2) is 5.16 Å². The molecule has 1 N–H and O–H groups in total. The fraction of sp³-hybridized carbons (Fsp3) is 0.333. The van der Waals surface area contributed by atoms with Crippen molar-refractivity contribution in [2.45, 2.75) is 38.9 Å². The summed E-state index contributed by atoms with van der Waals surface area (Å²) in [4.78, 5) is 0. The summed E-state index contributed by atoms with van der Waals surface area (Å²) in [5.74, 6) is 0. The number of hydrogen-bond donors (Lipinski definition) is 1. The maximum absolute atomic E-state index is 13.7. The molecule has 112 valence electrons. The highest BCUT2D eigenvalue weighted by atomic mass is 31.2. The Labute approximate surface area is 128 Å². The lowest BCUT2D eigenvalue weighted by Gasteiger charge is -2.34. The molecule has 2 aromatic carbocycles. The third-order valence-electron chi connectivity index (χ3n) is 3.74. The first-order chi connectivity index (χ1) is 9.84. The van der Waals surface area contributed by atoms with Crippen molar-refractivity contribution in [1.29, 1.82) is 0 Å². The topological polar surface area (TPSA) is 29.1 Å². The lowest BCUT2D eigenvalue weighted by atomic mass is 10.1.